The van der Waals surface area contributed by atoms with E-state index >= 15 is 0 Å². The average molecular weight is 297 g/mol. The zero-order valence-corrected chi connectivity index (χ0v) is 12.8. The van der Waals surface area contributed by atoms with E-state index in [-0.39, 0.29) is 10.9 Å². The summed E-state index contributed by atoms with van der Waals surface area (Å²) in [5.74, 6) is 0. The van der Waals surface area contributed by atoms with Gasteiger partial charge in [-0.15, -0.1) is 0 Å². The summed E-state index contributed by atoms with van der Waals surface area (Å²) < 4.78 is 27.2. The molecule has 112 valence electrons. The van der Waals surface area contributed by atoms with E-state index in [0.717, 1.165) is 32.1 Å². The third-order valence-electron chi connectivity index (χ3n) is 3.91. The molecular weight excluding hydrogens is 274 g/mol. The SMILES string of the molecule is CCC1CCCCCN1S(=O)(=O)c1ccc(CN)nc1. The lowest BCUT2D eigenvalue weighted by molar-refractivity contribution is 0.315. The molecule has 1 unspecified atom stereocenters. The maximum atomic E-state index is 12.8. The van der Waals surface area contributed by atoms with Crippen LogP contribution < -0.4 is 5.73 Å². The number of nitrogens with two attached hydrogens (primary N) is 1. The third kappa shape index (κ3) is 3.19. The van der Waals surface area contributed by atoms with Crippen molar-refractivity contribution < 1.29 is 8.42 Å². The molecule has 0 saturated carbocycles. The second kappa shape index (κ2) is 6.65. The second-order valence-electron chi connectivity index (χ2n) is 5.22. The summed E-state index contributed by atoms with van der Waals surface area (Å²) in [6, 6.07) is 3.41. The standard InChI is InChI=1S/C14H23N3O2S/c1-2-13-6-4-3-5-9-17(13)20(18,19)14-8-7-12(10-15)16-11-14/h7-8,11,13H,2-6,9-10,15H2,1H3. The molecule has 0 radical (unpaired) electrons. The summed E-state index contributed by atoms with van der Waals surface area (Å²) in [4.78, 5) is 4.37. The smallest absolute Gasteiger partial charge is 0.244 e. The number of sulfonamides is 1. The quantitative estimate of drug-likeness (QED) is 0.920. The van der Waals surface area contributed by atoms with Gasteiger partial charge < -0.3 is 5.73 Å². The molecule has 20 heavy (non-hydrogen) atoms. The van der Waals surface area contributed by atoms with Crippen molar-refractivity contribution in [3.05, 3.63) is 24.0 Å². The monoisotopic (exact) mass is 297 g/mol. The van der Waals surface area contributed by atoms with Gasteiger partial charge in [0.15, 0.2) is 0 Å². The van der Waals surface area contributed by atoms with Crippen molar-refractivity contribution in [3.8, 4) is 0 Å². The number of nitrogens with zero attached hydrogens (tertiary/aromatic N) is 2. The van der Waals surface area contributed by atoms with E-state index in [4.69, 9.17) is 5.73 Å². The molecule has 6 heteroatoms. The van der Waals surface area contributed by atoms with Crippen LogP contribution in [-0.4, -0.2) is 30.3 Å². The Morgan fingerprint density at radius 1 is 1.35 bits per heavy atom. The van der Waals surface area contributed by atoms with Crippen LogP contribution in [0.5, 0.6) is 0 Å². The highest BCUT2D eigenvalue weighted by atomic mass is 32.2. The van der Waals surface area contributed by atoms with E-state index in [1.54, 1.807) is 16.4 Å². The fraction of sp³-hybridized carbons (Fsp3) is 0.643. The predicted molar refractivity (Wildman–Crippen MR) is 78.6 cm³/mol. The topological polar surface area (TPSA) is 76.3 Å². The Hall–Kier alpha value is -0.980. The molecule has 1 atom stereocenters. The summed E-state index contributed by atoms with van der Waals surface area (Å²) in [5, 5.41) is 0. The maximum Gasteiger partial charge on any atom is 0.244 e. The van der Waals surface area contributed by atoms with E-state index < -0.39 is 10.0 Å². The van der Waals surface area contributed by atoms with Gasteiger partial charge in [-0.05, 0) is 31.4 Å². The zero-order valence-electron chi connectivity index (χ0n) is 12.0. The number of rotatable bonds is 4. The van der Waals surface area contributed by atoms with Gasteiger partial charge in [-0.1, -0.05) is 19.8 Å². The Morgan fingerprint density at radius 3 is 2.75 bits per heavy atom. The van der Waals surface area contributed by atoms with Crippen LogP contribution in [0, 0.1) is 0 Å². The van der Waals surface area contributed by atoms with Crippen molar-refractivity contribution in [2.75, 3.05) is 6.54 Å². The van der Waals surface area contributed by atoms with Crippen molar-refractivity contribution >= 4 is 10.0 Å². The highest BCUT2D eigenvalue weighted by Crippen LogP contribution is 2.26. The van der Waals surface area contributed by atoms with Crippen LogP contribution in [0.15, 0.2) is 23.2 Å². The minimum atomic E-state index is -3.44. The molecule has 2 rings (SSSR count). The lowest BCUT2D eigenvalue weighted by Crippen LogP contribution is -2.39. The summed E-state index contributed by atoms with van der Waals surface area (Å²) >= 11 is 0. The van der Waals surface area contributed by atoms with E-state index in [1.165, 1.54) is 6.20 Å². The molecule has 0 aromatic carbocycles. The van der Waals surface area contributed by atoms with Crippen molar-refractivity contribution in [1.82, 2.24) is 9.29 Å². The Balaban J connectivity index is 2.30. The molecule has 0 bridgehead atoms. The van der Waals surface area contributed by atoms with Gasteiger partial charge in [-0.3, -0.25) is 4.98 Å². The first-order valence-electron chi connectivity index (χ1n) is 7.26. The molecular formula is C14H23N3O2S. The molecule has 0 aliphatic carbocycles. The molecule has 1 saturated heterocycles. The van der Waals surface area contributed by atoms with Crippen LogP contribution in [0.2, 0.25) is 0 Å². The van der Waals surface area contributed by atoms with Crippen LogP contribution in [0.4, 0.5) is 0 Å². The molecule has 2 heterocycles. The largest absolute Gasteiger partial charge is 0.325 e. The van der Waals surface area contributed by atoms with Crippen molar-refractivity contribution in [2.24, 2.45) is 5.73 Å². The van der Waals surface area contributed by atoms with E-state index in [2.05, 4.69) is 4.98 Å². The Morgan fingerprint density at radius 2 is 2.15 bits per heavy atom. The van der Waals surface area contributed by atoms with Gasteiger partial charge >= 0.3 is 0 Å². The summed E-state index contributed by atoms with van der Waals surface area (Å²) in [6.45, 7) is 2.98. The third-order valence-corrected chi connectivity index (χ3v) is 5.84. The number of hydrogen-bond donors (Lipinski definition) is 1. The van der Waals surface area contributed by atoms with Crippen LogP contribution in [0.3, 0.4) is 0 Å². The molecule has 2 N–H and O–H groups in total. The first kappa shape index (κ1) is 15.4. The summed E-state index contributed by atoms with van der Waals surface area (Å²) in [5.41, 5.74) is 6.19. The van der Waals surface area contributed by atoms with Gasteiger partial charge in [-0.25, -0.2) is 8.42 Å². The van der Waals surface area contributed by atoms with Gasteiger partial charge in [0.05, 0.1) is 5.69 Å². The summed E-state index contributed by atoms with van der Waals surface area (Å²) in [7, 11) is -3.44. The number of hydrogen-bond acceptors (Lipinski definition) is 4. The fourth-order valence-corrected chi connectivity index (χ4v) is 4.41. The molecule has 1 aliphatic rings. The highest BCUT2D eigenvalue weighted by molar-refractivity contribution is 7.89. The Kier molecular flexibility index (Phi) is 5.12. The van der Waals surface area contributed by atoms with Gasteiger partial charge in [0.25, 0.3) is 0 Å². The summed E-state index contributed by atoms with van der Waals surface area (Å²) in [6.07, 6.45) is 6.37. The van der Waals surface area contributed by atoms with Crippen LogP contribution in [-0.2, 0) is 16.6 Å². The Labute approximate surface area is 121 Å². The van der Waals surface area contributed by atoms with Crippen molar-refractivity contribution in [3.63, 3.8) is 0 Å². The van der Waals surface area contributed by atoms with Gasteiger partial charge in [-0.2, -0.15) is 4.31 Å². The van der Waals surface area contributed by atoms with Crippen LogP contribution in [0.1, 0.15) is 44.7 Å². The molecule has 1 fully saturated rings. The highest BCUT2D eigenvalue weighted by Gasteiger charge is 2.31. The fourth-order valence-electron chi connectivity index (χ4n) is 2.69. The lowest BCUT2D eigenvalue weighted by Gasteiger charge is -2.28. The van der Waals surface area contributed by atoms with E-state index in [1.807, 2.05) is 6.92 Å². The zero-order chi connectivity index (χ0) is 14.6. The predicted octanol–water partition coefficient (Wildman–Crippen LogP) is 1.88. The van der Waals surface area contributed by atoms with Crippen molar-refractivity contribution in [1.29, 1.82) is 0 Å². The van der Waals surface area contributed by atoms with Crippen LogP contribution in [0.25, 0.3) is 0 Å². The van der Waals surface area contributed by atoms with E-state index in [9.17, 15) is 8.42 Å². The molecule has 1 aliphatic heterocycles. The molecule has 1 aromatic heterocycles. The molecule has 0 spiro atoms. The minimum Gasteiger partial charge on any atom is -0.325 e. The van der Waals surface area contributed by atoms with Crippen molar-refractivity contribution in [2.45, 2.75) is 56.5 Å². The molecule has 1 aromatic rings. The van der Waals surface area contributed by atoms with Gasteiger partial charge in [0.1, 0.15) is 4.90 Å². The van der Waals surface area contributed by atoms with E-state index in [0.29, 0.717) is 18.8 Å². The maximum absolute atomic E-state index is 12.8. The van der Waals surface area contributed by atoms with Crippen LogP contribution >= 0.6 is 0 Å². The normalized spacial score (nSPS) is 21.6. The minimum absolute atomic E-state index is 0.108. The van der Waals surface area contributed by atoms with Gasteiger partial charge in [0, 0.05) is 25.3 Å². The first-order valence-corrected chi connectivity index (χ1v) is 8.70. The number of aromatic nitrogens is 1. The lowest BCUT2D eigenvalue weighted by atomic mass is 10.1. The molecule has 0 amide bonds. The average Bonchev–Trinajstić information content (AvgIpc) is 2.73. The number of pyridine rings is 1. The molecule has 5 nitrogen and oxygen atoms in total. The second-order valence-corrected chi connectivity index (χ2v) is 7.11. The van der Waals surface area contributed by atoms with Gasteiger partial charge in [0.2, 0.25) is 10.0 Å². The first-order chi connectivity index (χ1) is 9.59. The Bertz CT molecular complexity index is 528.